The number of hydrogen-bond acceptors (Lipinski definition) is 2. The zero-order chi connectivity index (χ0) is 13.8. The molecule has 0 aromatic heterocycles. The van der Waals surface area contributed by atoms with Gasteiger partial charge in [0.15, 0.2) is 0 Å². The minimum absolute atomic E-state index is 0.195. The summed E-state index contributed by atoms with van der Waals surface area (Å²) in [6.07, 6.45) is 2.07. The second-order valence-electron chi connectivity index (χ2n) is 5.27. The van der Waals surface area contributed by atoms with Crippen LogP contribution in [0.3, 0.4) is 0 Å². The maximum atomic E-state index is 10.9. The molecule has 1 aromatic carbocycles. The molecule has 1 rings (SSSR count). The highest BCUT2D eigenvalue weighted by atomic mass is 16.3. The summed E-state index contributed by atoms with van der Waals surface area (Å²) < 4.78 is 0. The predicted molar refractivity (Wildman–Crippen MR) is 75.2 cm³/mol. The average Bonchev–Trinajstić information content (AvgIpc) is 2.28. The van der Waals surface area contributed by atoms with Crippen molar-refractivity contribution in [1.29, 1.82) is 0 Å². The van der Waals surface area contributed by atoms with Crippen LogP contribution in [0.5, 0.6) is 0 Å². The zero-order valence-electron chi connectivity index (χ0n) is 11.2. The monoisotopic (exact) mass is 246 g/mol. The lowest BCUT2D eigenvalue weighted by molar-refractivity contribution is -0.0375. The van der Waals surface area contributed by atoms with E-state index in [0.29, 0.717) is 6.42 Å². The summed E-state index contributed by atoms with van der Waals surface area (Å²) in [7, 11) is 0. The lowest BCUT2D eigenvalue weighted by Crippen LogP contribution is -2.36. The first kappa shape index (κ1) is 14.7. The van der Waals surface area contributed by atoms with E-state index in [0.717, 1.165) is 11.1 Å². The van der Waals surface area contributed by atoms with Gasteiger partial charge in [-0.15, -0.1) is 13.2 Å². The van der Waals surface area contributed by atoms with Crippen LogP contribution in [0, 0.1) is 0 Å². The molecule has 2 N–H and O–H groups in total. The quantitative estimate of drug-likeness (QED) is 0.757. The fourth-order valence-corrected chi connectivity index (χ4v) is 2.18. The van der Waals surface area contributed by atoms with E-state index in [9.17, 15) is 10.2 Å². The van der Waals surface area contributed by atoms with E-state index in [1.165, 1.54) is 6.08 Å². The van der Waals surface area contributed by atoms with Gasteiger partial charge in [0.2, 0.25) is 0 Å². The first-order valence-corrected chi connectivity index (χ1v) is 6.07. The fraction of sp³-hybridized carbons (Fsp3) is 0.375. The number of rotatable bonds is 6. The number of benzene rings is 1. The first-order chi connectivity index (χ1) is 8.29. The van der Waals surface area contributed by atoms with Crippen LogP contribution in [0.15, 0.2) is 55.1 Å². The van der Waals surface area contributed by atoms with Gasteiger partial charge in [-0.3, -0.25) is 0 Å². The van der Waals surface area contributed by atoms with Crippen molar-refractivity contribution in [2.75, 3.05) is 0 Å². The summed E-state index contributed by atoms with van der Waals surface area (Å²) in [6.45, 7) is 11.0. The van der Waals surface area contributed by atoms with E-state index in [-0.39, 0.29) is 6.42 Å². The van der Waals surface area contributed by atoms with E-state index in [1.54, 1.807) is 6.92 Å². The van der Waals surface area contributed by atoms with Gasteiger partial charge < -0.3 is 10.2 Å². The van der Waals surface area contributed by atoms with Crippen LogP contribution in [0.25, 0.3) is 0 Å². The van der Waals surface area contributed by atoms with Gasteiger partial charge in [-0.1, -0.05) is 42.0 Å². The molecule has 0 spiro atoms. The molecule has 1 aromatic rings. The molecule has 0 aliphatic heterocycles. The lowest BCUT2D eigenvalue weighted by atomic mass is 9.79. The molecule has 0 amide bonds. The summed E-state index contributed by atoms with van der Waals surface area (Å²) >= 11 is 0. The third-order valence-corrected chi connectivity index (χ3v) is 3.00. The summed E-state index contributed by atoms with van der Waals surface area (Å²) in [5, 5.41) is 21.0. The van der Waals surface area contributed by atoms with Crippen LogP contribution < -0.4 is 0 Å². The zero-order valence-corrected chi connectivity index (χ0v) is 11.2. The van der Waals surface area contributed by atoms with E-state index in [4.69, 9.17) is 0 Å². The predicted octanol–water partition coefficient (Wildman–Crippen LogP) is 3.17. The van der Waals surface area contributed by atoms with E-state index < -0.39 is 11.2 Å². The summed E-state index contributed by atoms with van der Waals surface area (Å²) in [5.41, 5.74) is -0.568. The smallest absolute Gasteiger partial charge is 0.0963 e. The summed E-state index contributed by atoms with van der Waals surface area (Å²) in [5.74, 6) is 0. The number of aliphatic hydroxyl groups is 2. The molecule has 2 atom stereocenters. The topological polar surface area (TPSA) is 40.5 Å². The van der Waals surface area contributed by atoms with Crippen LogP contribution in [-0.4, -0.2) is 15.8 Å². The number of hydrogen-bond donors (Lipinski definition) is 2. The summed E-state index contributed by atoms with van der Waals surface area (Å²) in [6, 6.07) is 9.38. The lowest BCUT2D eigenvalue weighted by Gasteiger charge is -2.34. The minimum Gasteiger partial charge on any atom is -0.386 e. The molecule has 0 radical (unpaired) electrons. The van der Waals surface area contributed by atoms with Gasteiger partial charge >= 0.3 is 0 Å². The molecule has 18 heavy (non-hydrogen) atoms. The Balaban J connectivity index is 3.11. The van der Waals surface area contributed by atoms with Gasteiger partial charge in [0, 0.05) is 12.8 Å². The molecule has 2 heteroatoms. The Morgan fingerprint density at radius 3 is 2.28 bits per heavy atom. The van der Waals surface area contributed by atoms with Crippen molar-refractivity contribution >= 4 is 0 Å². The van der Waals surface area contributed by atoms with Crippen molar-refractivity contribution in [2.24, 2.45) is 0 Å². The molecule has 0 saturated carbocycles. The van der Waals surface area contributed by atoms with E-state index in [2.05, 4.69) is 13.2 Å². The first-order valence-electron chi connectivity index (χ1n) is 6.07. The van der Waals surface area contributed by atoms with E-state index >= 15 is 0 Å². The van der Waals surface area contributed by atoms with Gasteiger partial charge in [-0.2, -0.15) is 0 Å². The van der Waals surface area contributed by atoms with Gasteiger partial charge in [0.25, 0.3) is 0 Å². The van der Waals surface area contributed by atoms with Crippen molar-refractivity contribution in [3.8, 4) is 0 Å². The van der Waals surface area contributed by atoms with Crippen LogP contribution in [0.1, 0.15) is 32.3 Å². The Bertz CT molecular complexity index is 420. The fourth-order valence-electron chi connectivity index (χ4n) is 2.18. The second-order valence-corrected chi connectivity index (χ2v) is 5.27. The SMILES string of the molecule is C=C[C@@](C)(O)C[C@](O)(CC(=C)C)c1ccccc1. The van der Waals surface area contributed by atoms with Crippen molar-refractivity contribution < 1.29 is 10.2 Å². The molecule has 0 fully saturated rings. The Labute approximate surface area is 109 Å². The minimum atomic E-state index is -1.12. The van der Waals surface area contributed by atoms with Crippen molar-refractivity contribution in [2.45, 2.75) is 37.9 Å². The van der Waals surface area contributed by atoms with Crippen molar-refractivity contribution in [1.82, 2.24) is 0 Å². The van der Waals surface area contributed by atoms with Crippen LogP contribution >= 0.6 is 0 Å². The van der Waals surface area contributed by atoms with Gasteiger partial charge in [0.1, 0.15) is 0 Å². The van der Waals surface area contributed by atoms with Gasteiger partial charge in [-0.05, 0) is 19.4 Å². The highest BCUT2D eigenvalue weighted by Gasteiger charge is 2.35. The van der Waals surface area contributed by atoms with Crippen molar-refractivity contribution in [3.05, 3.63) is 60.7 Å². The third kappa shape index (κ3) is 3.83. The highest BCUT2D eigenvalue weighted by molar-refractivity contribution is 5.25. The van der Waals surface area contributed by atoms with E-state index in [1.807, 2.05) is 37.3 Å². The normalized spacial score (nSPS) is 17.6. The molecule has 0 aliphatic rings. The Morgan fingerprint density at radius 2 is 1.83 bits per heavy atom. The highest BCUT2D eigenvalue weighted by Crippen LogP contribution is 2.36. The molecule has 0 unspecified atom stereocenters. The average molecular weight is 246 g/mol. The Hall–Kier alpha value is -1.38. The molecule has 0 heterocycles. The van der Waals surface area contributed by atoms with Gasteiger partial charge in [0.05, 0.1) is 11.2 Å². The van der Waals surface area contributed by atoms with Crippen molar-refractivity contribution in [3.63, 3.8) is 0 Å². The molecule has 2 nitrogen and oxygen atoms in total. The van der Waals surface area contributed by atoms with Crippen LogP contribution in [0.2, 0.25) is 0 Å². The molecular formula is C16H22O2. The molecule has 0 aliphatic carbocycles. The largest absolute Gasteiger partial charge is 0.386 e. The molecular weight excluding hydrogens is 224 g/mol. The maximum absolute atomic E-state index is 10.9. The summed E-state index contributed by atoms with van der Waals surface area (Å²) in [4.78, 5) is 0. The molecule has 98 valence electrons. The molecule has 0 saturated heterocycles. The molecule has 0 bridgehead atoms. The maximum Gasteiger partial charge on any atom is 0.0963 e. The Kier molecular flexibility index (Phi) is 4.49. The Morgan fingerprint density at radius 1 is 1.28 bits per heavy atom. The third-order valence-electron chi connectivity index (χ3n) is 3.00. The second kappa shape index (κ2) is 5.51. The van der Waals surface area contributed by atoms with Crippen LogP contribution in [-0.2, 0) is 5.60 Å². The van der Waals surface area contributed by atoms with Gasteiger partial charge in [-0.25, -0.2) is 0 Å². The standard InChI is InChI=1S/C16H22O2/c1-5-15(4,17)12-16(18,11-13(2)3)14-9-7-6-8-10-14/h5-10,17-18H,1-2,11-12H2,3-4H3/t15-,16-/m1/s1. The van der Waals surface area contributed by atoms with Crippen LogP contribution in [0.4, 0.5) is 0 Å².